The molecular formula is C15H20N4O3S2. The lowest BCUT2D eigenvalue weighted by Crippen LogP contribution is -2.41. The van der Waals surface area contributed by atoms with Gasteiger partial charge < -0.3 is 10.6 Å². The van der Waals surface area contributed by atoms with E-state index < -0.39 is 0 Å². The second-order valence-electron chi connectivity index (χ2n) is 5.85. The third-order valence-corrected chi connectivity index (χ3v) is 6.52. The summed E-state index contributed by atoms with van der Waals surface area (Å²) in [7, 11) is 0. The van der Waals surface area contributed by atoms with Gasteiger partial charge in [0.05, 0.1) is 17.0 Å². The molecule has 0 aliphatic carbocycles. The van der Waals surface area contributed by atoms with Crippen molar-refractivity contribution in [3.8, 4) is 0 Å². The SMILES string of the molecule is O=C(CCCC[C@@H]1SC[C@@H]2NC(=O)N[C@H]21)NNC(=O)c1cccs1. The molecule has 2 fully saturated rings. The maximum absolute atomic E-state index is 11.7. The van der Waals surface area contributed by atoms with Crippen molar-refractivity contribution in [1.82, 2.24) is 21.5 Å². The van der Waals surface area contributed by atoms with Crippen LogP contribution in [-0.2, 0) is 4.79 Å². The summed E-state index contributed by atoms with van der Waals surface area (Å²) in [6, 6.07) is 3.87. The van der Waals surface area contributed by atoms with Crippen molar-refractivity contribution in [3.63, 3.8) is 0 Å². The van der Waals surface area contributed by atoms with Crippen LogP contribution >= 0.6 is 23.1 Å². The van der Waals surface area contributed by atoms with Crippen LogP contribution in [0.1, 0.15) is 35.4 Å². The van der Waals surface area contributed by atoms with Gasteiger partial charge in [0, 0.05) is 17.4 Å². The van der Waals surface area contributed by atoms with Gasteiger partial charge in [0.15, 0.2) is 0 Å². The summed E-state index contributed by atoms with van der Waals surface area (Å²) in [5.74, 6) is 0.465. The Kier molecular flexibility index (Phi) is 5.62. The lowest BCUT2D eigenvalue weighted by atomic mass is 10.0. The summed E-state index contributed by atoms with van der Waals surface area (Å²) in [5, 5.41) is 8.11. The molecule has 3 rings (SSSR count). The minimum absolute atomic E-state index is 0.0730. The van der Waals surface area contributed by atoms with Crippen LogP contribution in [0.5, 0.6) is 0 Å². The Morgan fingerprint density at radius 2 is 2.12 bits per heavy atom. The van der Waals surface area contributed by atoms with Gasteiger partial charge in [0.2, 0.25) is 5.91 Å². The van der Waals surface area contributed by atoms with Crippen molar-refractivity contribution in [1.29, 1.82) is 0 Å². The number of hydrazine groups is 1. The molecule has 7 nitrogen and oxygen atoms in total. The Morgan fingerprint density at radius 1 is 1.25 bits per heavy atom. The Bertz CT molecular complexity index is 608. The normalized spacial score (nSPS) is 24.8. The van der Waals surface area contributed by atoms with Crippen molar-refractivity contribution in [2.45, 2.75) is 43.0 Å². The number of hydrogen-bond acceptors (Lipinski definition) is 5. The number of thioether (sulfide) groups is 1. The topological polar surface area (TPSA) is 99.3 Å². The first-order valence-corrected chi connectivity index (χ1v) is 9.87. The molecule has 2 aliphatic heterocycles. The molecule has 0 spiro atoms. The summed E-state index contributed by atoms with van der Waals surface area (Å²) >= 11 is 3.20. The zero-order chi connectivity index (χ0) is 16.9. The van der Waals surface area contributed by atoms with Crippen LogP contribution in [0.3, 0.4) is 0 Å². The molecule has 130 valence electrons. The van der Waals surface area contributed by atoms with Crippen molar-refractivity contribution in [2.24, 2.45) is 0 Å². The quantitative estimate of drug-likeness (QED) is 0.345. The first kappa shape index (κ1) is 17.1. The van der Waals surface area contributed by atoms with Gasteiger partial charge in [-0.1, -0.05) is 12.5 Å². The number of hydrogen-bond donors (Lipinski definition) is 4. The Balaban J connectivity index is 1.29. The van der Waals surface area contributed by atoms with E-state index in [1.807, 2.05) is 17.1 Å². The van der Waals surface area contributed by atoms with Gasteiger partial charge in [0.25, 0.3) is 5.91 Å². The van der Waals surface area contributed by atoms with Crippen LogP contribution in [-0.4, -0.2) is 40.9 Å². The van der Waals surface area contributed by atoms with Gasteiger partial charge in [-0.3, -0.25) is 20.4 Å². The van der Waals surface area contributed by atoms with E-state index in [4.69, 9.17) is 0 Å². The molecule has 3 heterocycles. The molecule has 24 heavy (non-hydrogen) atoms. The van der Waals surface area contributed by atoms with Gasteiger partial charge in [-0.25, -0.2) is 4.79 Å². The lowest BCUT2D eigenvalue weighted by molar-refractivity contribution is -0.122. The molecule has 0 bridgehead atoms. The fourth-order valence-electron chi connectivity index (χ4n) is 2.93. The van der Waals surface area contributed by atoms with Crippen LogP contribution in [0, 0.1) is 0 Å². The number of carbonyl (C=O) groups excluding carboxylic acids is 3. The standard InChI is InChI=1S/C15H20N4O3S2/c20-12(18-19-14(21)11-5-3-7-23-11)6-2-1-4-10-13-9(8-24-10)16-15(22)17-13/h3,5,7,9-10,13H,1-2,4,6,8H2,(H,18,20)(H,19,21)(H2,16,17,22)/t9-,10-,13+/m0/s1. The fourth-order valence-corrected chi connectivity index (χ4v) is 5.09. The molecule has 0 radical (unpaired) electrons. The molecule has 4 N–H and O–H groups in total. The molecular weight excluding hydrogens is 348 g/mol. The van der Waals surface area contributed by atoms with Crippen molar-refractivity contribution in [2.75, 3.05) is 5.75 Å². The molecule has 1 aromatic rings. The van der Waals surface area contributed by atoms with Crippen LogP contribution < -0.4 is 21.5 Å². The second kappa shape index (κ2) is 7.89. The van der Waals surface area contributed by atoms with E-state index in [2.05, 4.69) is 21.5 Å². The van der Waals surface area contributed by atoms with Crippen molar-refractivity contribution >= 4 is 40.9 Å². The van der Waals surface area contributed by atoms with Crippen molar-refractivity contribution < 1.29 is 14.4 Å². The molecule has 2 saturated heterocycles. The van der Waals surface area contributed by atoms with Gasteiger partial charge in [0.1, 0.15) is 0 Å². The number of amides is 4. The lowest BCUT2D eigenvalue weighted by Gasteiger charge is -2.16. The van der Waals surface area contributed by atoms with E-state index in [0.717, 1.165) is 25.0 Å². The Hall–Kier alpha value is -1.74. The van der Waals surface area contributed by atoms with Gasteiger partial charge in [-0.15, -0.1) is 11.3 Å². The van der Waals surface area contributed by atoms with Crippen LogP contribution in [0.2, 0.25) is 0 Å². The summed E-state index contributed by atoms with van der Waals surface area (Å²) in [6.45, 7) is 0. The third kappa shape index (κ3) is 4.21. The minimum atomic E-state index is -0.295. The van der Waals surface area contributed by atoms with Crippen LogP contribution in [0.4, 0.5) is 4.79 Å². The highest BCUT2D eigenvalue weighted by Crippen LogP contribution is 2.33. The average Bonchev–Trinajstić information content (AvgIpc) is 3.27. The van der Waals surface area contributed by atoms with Crippen molar-refractivity contribution in [3.05, 3.63) is 22.4 Å². The van der Waals surface area contributed by atoms with Gasteiger partial charge >= 0.3 is 6.03 Å². The zero-order valence-corrected chi connectivity index (χ0v) is 14.7. The Labute approximate surface area is 148 Å². The molecule has 0 aromatic carbocycles. The van der Waals surface area contributed by atoms with E-state index in [-0.39, 0.29) is 29.9 Å². The first-order valence-electron chi connectivity index (χ1n) is 7.95. The maximum atomic E-state index is 11.7. The number of thiophene rings is 1. The van der Waals surface area contributed by atoms with Gasteiger partial charge in [-0.05, 0) is 24.3 Å². The molecule has 4 amide bonds. The summed E-state index contributed by atoms with van der Waals surface area (Å²) in [5.41, 5.74) is 4.85. The second-order valence-corrected chi connectivity index (χ2v) is 8.07. The van der Waals surface area contributed by atoms with E-state index in [1.165, 1.54) is 11.3 Å². The number of nitrogens with one attached hydrogen (secondary N) is 4. The average molecular weight is 368 g/mol. The van der Waals surface area contributed by atoms with Crippen LogP contribution in [0.25, 0.3) is 0 Å². The monoisotopic (exact) mass is 368 g/mol. The third-order valence-electron chi connectivity index (χ3n) is 4.14. The first-order chi connectivity index (χ1) is 11.6. The Morgan fingerprint density at radius 3 is 2.92 bits per heavy atom. The molecule has 0 saturated carbocycles. The maximum Gasteiger partial charge on any atom is 0.315 e. The number of urea groups is 1. The molecule has 0 unspecified atom stereocenters. The number of carbonyl (C=O) groups is 3. The zero-order valence-electron chi connectivity index (χ0n) is 13.0. The predicted molar refractivity (Wildman–Crippen MR) is 93.9 cm³/mol. The van der Waals surface area contributed by atoms with E-state index in [0.29, 0.717) is 16.5 Å². The molecule has 3 atom stereocenters. The van der Waals surface area contributed by atoms with E-state index in [9.17, 15) is 14.4 Å². The van der Waals surface area contributed by atoms with Crippen LogP contribution in [0.15, 0.2) is 17.5 Å². The summed E-state index contributed by atoms with van der Waals surface area (Å²) < 4.78 is 0. The number of fused-ring (bicyclic) bond motifs is 1. The molecule has 9 heteroatoms. The van der Waals surface area contributed by atoms with Gasteiger partial charge in [-0.2, -0.15) is 11.8 Å². The molecule has 2 aliphatic rings. The highest BCUT2D eigenvalue weighted by atomic mass is 32.2. The number of rotatable bonds is 6. The largest absolute Gasteiger partial charge is 0.332 e. The smallest absolute Gasteiger partial charge is 0.315 e. The van der Waals surface area contributed by atoms with E-state index in [1.54, 1.807) is 12.1 Å². The highest BCUT2D eigenvalue weighted by molar-refractivity contribution is 8.00. The summed E-state index contributed by atoms with van der Waals surface area (Å²) in [4.78, 5) is 35.3. The fraction of sp³-hybridized carbons (Fsp3) is 0.533. The minimum Gasteiger partial charge on any atom is -0.332 e. The number of unbranched alkanes of at least 4 members (excludes halogenated alkanes) is 1. The van der Waals surface area contributed by atoms with E-state index >= 15 is 0 Å². The predicted octanol–water partition coefficient (Wildman–Crippen LogP) is 1.23. The summed E-state index contributed by atoms with van der Waals surface area (Å²) in [6.07, 6.45) is 3.03. The molecule has 1 aromatic heterocycles. The highest BCUT2D eigenvalue weighted by Gasteiger charge is 2.42.